The highest BCUT2D eigenvalue weighted by Gasteiger charge is 2.38. The highest BCUT2D eigenvalue weighted by molar-refractivity contribution is 4.89. The van der Waals surface area contributed by atoms with Gasteiger partial charge in [0.25, 0.3) is 0 Å². The summed E-state index contributed by atoms with van der Waals surface area (Å²) >= 11 is 0. The van der Waals surface area contributed by atoms with Gasteiger partial charge in [0.15, 0.2) is 0 Å². The number of hydrogen-bond donors (Lipinski definition) is 0. The Labute approximate surface area is 223 Å². The van der Waals surface area contributed by atoms with Gasteiger partial charge in [-0.15, -0.1) is 0 Å². The van der Waals surface area contributed by atoms with E-state index in [1.807, 2.05) is 0 Å². The van der Waals surface area contributed by atoms with Gasteiger partial charge in [0.1, 0.15) is 0 Å². The Bertz CT molecular complexity index is 439. The summed E-state index contributed by atoms with van der Waals surface area (Å²) in [6.45, 7) is 9.75. The third-order valence-corrected chi connectivity index (χ3v) is 10.3. The molecular weight excluding hydrogens is 420 g/mol. The lowest BCUT2D eigenvalue weighted by atomic mass is 9.60. The van der Waals surface area contributed by atoms with Crippen molar-refractivity contribution >= 4 is 0 Å². The standard InChI is InChI=1S/C35H68/c1-5-7-9-11-13-15-17-19-21-32(22-20-18-16-14-12-10-8-6-2)35-29-31(4)25-28-34(35)33-26-23-30(3)24-27-33/h30-35H,5-29H2,1-4H3. The van der Waals surface area contributed by atoms with Crippen LogP contribution >= 0.6 is 0 Å². The molecule has 0 heteroatoms. The smallest absolute Gasteiger partial charge is 0.0352 e. The van der Waals surface area contributed by atoms with Gasteiger partial charge in [-0.2, -0.15) is 0 Å². The Morgan fingerprint density at radius 2 is 0.914 bits per heavy atom. The zero-order valence-corrected chi connectivity index (χ0v) is 25.1. The quantitative estimate of drug-likeness (QED) is 0.149. The third-order valence-electron chi connectivity index (χ3n) is 10.3. The molecule has 3 unspecified atom stereocenters. The summed E-state index contributed by atoms with van der Waals surface area (Å²) in [6, 6.07) is 0. The van der Waals surface area contributed by atoms with Crippen molar-refractivity contribution < 1.29 is 0 Å². The molecule has 0 spiro atoms. The van der Waals surface area contributed by atoms with Crippen molar-refractivity contribution in [2.24, 2.45) is 35.5 Å². The normalized spacial score (nSPS) is 27.5. The van der Waals surface area contributed by atoms with Crippen molar-refractivity contribution in [1.82, 2.24) is 0 Å². The fourth-order valence-corrected chi connectivity index (χ4v) is 7.94. The lowest BCUT2D eigenvalue weighted by Gasteiger charge is -2.45. The Hall–Kier alpha value is 0. The molecule has 3 atom stereocenters. The van der Waals surface area contributed by atoms with Crippen LogP contribution in [0, 0.1) is 35.5 Å². The topological polar surface area (TPSA) is 0 Å². The molecule has 0 bridgehead atoms. The summed E-state index contributed by atoms with van der Waals surface area (Å²) in [7, 11) is 0. The molecule has 0 aromatic heterocycles. The van der Waals surface area contributed by atoms with Gasteiger partial charge < -0.3 is 0 Å². The Morgan fingerprint density at radius 1 is 0.486 bits per heavy atom. The average molecular weight is 489 g/mol. The predicted molar refractivity (Wildman–Crippen MR) is 159 cm³/mol. The summed E-state index contributed by atoms with van der Waals surface area (Å²) < 4.78 is 0. The van der Waals surface area contributed by atoms with Crippen molar-refractivity contribution in [3.05, 3.63) is 0 Å². The van der Waals surface area contributed by atoms with Crippen molar-refractivity contribution in [3.63, 3.8) is 0 Å². The zero-order valence-electron chi connectivity index (χ0n) is 25.1. The molecule has 0 N–H and O–H groups in total. The molecule has 0 aliphatic heterocycles. The lowest BCUT2D eigenvalue weighted by molar-refractivity contribution is 0.0487. The van der Waals surface area contributed by atoms with E-state index in [0.29, 0.717) is 0 Å². The van der Waals surface area contributed by atoms with Crippen molar-refractivity contribution in [1.29, 1.82) is 0 Å². The first kappa shape index (κ1) is 31.2. The van der Waals surface area contributed by atoms with E-state index in [0.717, 1.165) is 35.5 Å². The van der Waals surface area contributed by atoms with Crippen LogP contribution in [0.1, 0.15) is 188 Å². The van der Waals surface area contributed by atoms with Crippen molar-refractivity contribution in [3.8, 4) is 0 Å². The molecule has 0 heterocycles. The molecule has 208 valence electrons. The minimum atomic E-state index is 0.985. The van der Waals surface area contributed by atoms with Gasteiger partial charge in [-0.1, -0.05) is 163 Å². The first-order chi connectivity index (χ1) is 17.2. The SMILES string of the molecule is CCCCCCCCCCC(CCCCCCCCCC)C1CC(C)CCC1C1CCC(C)CC1. The van der Waals surface area contributed by atoms with E-state index in [2.05, 4.69) is 27.7 Å². The maximum atomic E-state index is 2.58. The molecule has 0 saturated heterocycles. The number of unbranched alkanes of at least 4 members (excludes halogenated alkanes) is 14. The van der Waals surface area contributed by atoms with E-state index in [-0.39, 0.29) is 0 Å². The van der Waals surface area contributed by atoms with E-state index >= 15 is 0 Å². The van der Waals surface area contributed by atoms with Gasteiger partial charge in [-0.3, -0.25) is 0 Å². The Morgan fingerprint density at radius 3 is 1.40 bits per heavy atom. The highest BCUT2D eigenvalue weighted by atomic mass is 14.4. The second-order valence-corrected chi connectivity index (χ2v) is 13.6. The zero-order chi connectivity index (χ0) is 25.1. The molecule has 0 amide bonds. The first-order valence-electron chi connectivity index (χ1n) is 17.2. The highest BCUT2D eigenvalue weighted by Crippen LogP contribution is 2.48. The van der Waals surface area contributed by atoms with Gasteiger partial charge in [-0.25, -0.2) is 0 Å². The van der Waals surface area contributed by atoms with Crippen LogP contribution in [0.4, 0.5) is 0 Å². The second kappa shape index (κ2) is 20.0. The molecule has 2 fully saturated rings. The fraction of sp³-hybridized carbons (Fsp3) is 1.00. The molecule has 2 aliphatic carbocycles. The summed E-state index contributed by atoms with van der Waals surface area (Å²) in [5.41, 5.74) is 0. The van der Waals surface area contributed by atoms with Crippen LogP contribution in [-0.4, -0.2) is 0 Å². The van der Waals surface area contributed by atoms with Crippen molar-refractivity contribution in [2.45, 2.75) is 188 Å². The van der Waals surface area contributed by atoms with Crippen LogP contribution in [0.2, 0.25) is 0 Å². The van der Waals surface area contributed by atoms with E-state index in [1.54, 1.807) is 38.5 Å². The molecule has 35 heavy (non-hydrogen) atoms. The third kappa shape index (κ3) is 13.4. The fourth-order valence-electron chi connectivity index (χ4n) is 7.94. The number of rotatable bonds is 20. The Kier molecular flexibility index (Phi) is 17.9. The molecule has 0 radical (unpaired) electrons. The average Bonchev–Trinajstić information content (AvgIpc) is 2.86. The van der Waals surface area contributed by atoms with Crippen molar-refractivity contribution in [2.75, 3.05) is 0 Å². The van der Waals surface area contributed by atoms with Gasteiger partial charge >= 0.3 is 0 Å². The predicted octanol–water partition coefficient (Wildman–Crippen LogP) is 12.5. The van der Waals surface area contributed by atoms with E-state index in [1.165, 1.54) is 122 Å². The minimum Gasteiger partial charge on any atom is -0.0654 e. The van der Waals surface area contributed by atoms with Crippen LogP contribution in [0.15, 0.2) is 0 Å². The van der Waals surface area contributed by atoms with E-state index in [9.17, 15) is 0 Å². The molecule has 0 aromatic carbocycles. The monoisotopic (exact) mass is 489 g/mol. The molecule has 2 saturated carbocycles. The molecule has 0 aromatic rings. The molecule has 0 nitrogen and oxygen atoms in total. The largest absolute Gasteiger partial charge is 0.0654 e. The summed E-state index contributed by atoms with van der Waals surface area (Å²) in [6.07, 6.45) is 37.5. The summed E-state index contributed by atoms with van der Waals surface area (Å²) in [4.78, 5) is 0. The maximum absolute atomic E-state index is 2.58. The van der Waals surface area contributed by atoms with E-state index in [4.69, 9.17) is 0 Å². The first-order valence-corrected chi connectivity index (χ1v) is 17.2. The van der Waals surface area contributed by atoms with Gasteiger partial charge in [0.05, 0.1) is 0 Å². The molecule has 2 rings (SSSR count). The van der Waals surface area contributed by atoms with Gasteiger partial charge in [-0.05, 0) is 61.2 Å². The maximum Gasteiger partial charge on any atom is -0.0352 e. The molecular formula is C35H68. The minimum absolute atomic E-state index is 0.985. The van der Waals surface area contributed by atoms with Crippen LogP contribution < -0.4 is 0 Å². The lowest BCUT2D eigenvalue weighted by Crippen LogP contribution is -2.36. The second-order valence-electron chi connectivity index (χ2n) is 13.6. The van der Waals surface area contributed by atoms with Crippen LogP contribution in [0.3, 0.4) is 0 Å². The number of hydrogen-bond acceptors (Lipinski definition) is 0. The van der Waals surface area contributed by atoms with Gasteiger partial charge in [0.2, 0.25) is 0 Å². The Balaban J connectivity index is 1.84. The van der Waals surface area contributed by atoms with Crippen LogP contribution in [0.5, 0.6) is 0 Å². The summed E-state index contributed by atoms with van der Waals surface area (Å²) in [5.74, 6) is 6.24. The van der Waals surface area contributed by atoms with Crippen LogP contribution in [-0.2, 0) is 0 Å². The van der Waals surface area contributed by atoms with Crippen LogP contribution in [0.25, 0.3) is 0 Å². The van der Waals surface area contributed by atoms with Gasteiger partial charge in [0, 0.05) is 0 Å². The van der Waals surface area contributed by atoms with E-state index < -0.39 is 0 Å². The summed E-state index contributed by atoms with van der Waals surface area (Å²) in [5, 5.41) is 0. The molecule has 2 aliphatic rings.